The molecule has 0 amide bonds. The van der Waals surface area contributed by atoms with Crippen LogP contribution >= 0.6 is 27.5 Å². The highest BCUT2D eigenvalue weighted by molar-refractivity contribution is 9.10. The van der Waals surface area contributed by atoms with Crippen LogP contribution in [0.1, 0.15) is 25.5 Å². The Morgan fingerprint density at radius 2 is 2.06 bits per heavy atom. The molecule has 5 heteroatoms. The summed E-state index contributed by atoms with van der Waals surface area (Å²) >= 11 is 9.16. The van der Waals surface area contributed by atoms with Gasteiger partial charge in [0.05, 0.1) is 5.02 Å². The molecule has 0 spiro atoms. The van der Waals surface area contributed by atoms with E-state index in [2.05, 4.69) is 15.9 Å². The average Bonchev–Trinajstić information content (AvgIpc) is 2.24. The third kappa shape index (κ3) is 2.51. The predicted molar refractivity (Wildman–Crippen MR) is 68.6 cm³/mol. The zero-order chi connectivity index (χ0) is 12.5. The summed E-state index contributed by atoms with van der Waals surface area (Å²) in [5.74, 6) is -0.0370. The Bertz CT molecular complexity index is 396. The van der Waals surface area contributed by atoms with Crippen molar-refractivity contribution in [1.29, 1.82) is 0 Å². The smallest absolute Gasteiger partial charge is 0.140 e. The molecule has 16 heavy (non-hydrogen) atoms. The molecule has 0 fully saturated rings. The van der Waals surface area contributed by atoms with Crippen LogP contribution in [-0.2, 0) is 0 Å². The van der Waals surface area contributed by atoms with Gasteiger partial charge in [0.25, 0.3) is 0 Å². The third-order valence-corrected chi connectivity index (χ3v) is 3.67. The van der Waals surface area contributed by atoms with E-state index in [9.17, 15) is 10.2 Å². The van der Waals surface area contributed by atoms with Crippen molar-refractivity contribution >= 4 is 27.5 Å². The number of halogens is 2. The van der Waals surface area contributed by atoms with Crippen molar-refractivity contribution < 1.29 is 10.2 Å². The number of aliphatic hydroxyl groups is 1. The Kier molecular flexibility index (Phi) is 4.23. The van der Waals surface area contributed by atoms with E-state index in [-0.39, 0.29) is 17.4 Å². The first kappa shape index (κ1) is 13.8. The minimum absolute atomic E-state index is 0.0370. The highest BCUT2D eigenvalue weighted by Crippen LogP contribution is 2.42. The fraction of sp³-hybridized carbons (Fsp3) is 0.455. The number of hydrogen-bond acceptors (Lipinski definition) is 3. The van der Waals surface area contributed by atoms with Crippen LogP contribution in [0.15, 0.2) is 16.6 Å². The molecule has 0 saturated heterocycles. The number of nitrogens with two attached hydrogens (primary N) is 1. The molecule has 1 rings (SSSR count). The SMILES string of the molecule is CC(C)(CO)[C@@H](N)c1c(Br)ccc(Cl)c1O. The Labute approximate surface area is 108 Å². The lowest BCUT2D eigenvalue weighted by molar-refractivity contribution is 0.131. The number of hydrogen-bond donors (Lipinski definition) is 3. The fourth-order valence-electron chi connectivity index (χ4n) is 1.34. The molecule has 0 aliphatic carbocycles. The van der Waals surface area contributed by atoms with Crippen LogP contribution in [0.2, 0.25) is 5.02 Å². The van der Waals surface area contributed by atoms with Crippen LogP contribution in [0.5, 0.6) is 5.75 Å². The lowest BCUT2D eigenvalue weighted by Gasteiger charge is -2.31. The molecular formula is C11H15BrClNO2. The van der Waals surface area contributed by atoms with Gasteiger partial charge in [-0.25, -0.2) is 0 Å². The van der Waals surface area contributed by atoms with E-state index < -0.39 is 11.5 Å². The summed E-state index contributed by atoms with van der Waals surface area (Å²) in [4.78, 5) is 0. The van der Waals surface area contributed by atoms with Crippen LogP contribution < -0.4 is 5.73 Å². The number of aliphatic hydroxyl groups excluding tert-OH is 1. The van der Waals surface area contributed by atoms with Gasteiger partial charge in [-0.05, 0) is 12.1 Å². The lowest BCUT2D eigenvalue weighted by Crippen LogP contribution is -2.32. The Morgan fingerprint density at radius 1 is 1.50 bits per heavy atom. The molecule has 0 aromatic heterocycles. The maximum atomic E-state index is 9.88. The van der Waals surface area contributed by atoms with Gasteiger partial charge in [-0.2, -0.15) is 0 Å². The molecule has 90 valence electrons. The zero-order valence-corrected chi connectivity index (χ0v) is 11.5. The van der Waals surface area contributed by atoms with Crippen LogP contribution in [0.3, 0.4) is 0 Å². The van der Waals surface area contributed by atoms with Crippen molar-refractivity contribution in [3.8, 4) is 5.75 Å². The van der Waals surface area contributed by atoms with Crippen molar-refractivity contribution in [2.45, 2.75) is 19.9 Å². The van der Waals surface area contributed by atoms with Crippen molar-refractivity contribution in [2.24, 2.45) is 11.1 Å². The normalized spacial score (nSPS) is 13.9. The van der Waals surface area contributed by atoms with E-state index in [1.54, 1.807) is 12.1 Å². The van der Waals surface area contributed by atoms with Crippen molar-refractivity contribution in [3.63, 3.8) is 0 Å². The molecule has 0 aliphatic rings. The predicted octanol–water partition coefficient (Wildman–Crippen LogP) is 2.83. The maximum absolute atomic E-state index is 9.88. The van der Waals surface area contributed by atoms with Crippen LogP contribution in [0.4, 0.5) is 0 Å². The van der Waals surface area contributed by atoms with E-state index in [0.29, 0.717) is 10.0 Å². The van der Waals surface area contributed by atoms with Gasteiger partial charge >= 0.3 is 0 Å². The van der Waals surface area contributed by atoms with Gasteiger partial charge < -0.3 is 15.9 Å². The minimum Gasteiger partial charge on any atom is -0.506 e. The molecule has 0 bridgehead atoms. The maximum Gasteiger partial charge on any atom is 0.140 e. The summed E-state index contributed by atoms with van der Waals surface area (Å²) < 4.78 is 0.684. The molecule has 0 aliphatic heterocycles. The van der Waals surface area contributed by atoms with Gasteiger partial charge in [-0.15, -0.1) is 0 Å². The third-order valence-electron chi connectivity index (χ3n) is 2.68. The first-order valence-corrected chi connectivity index (χ1v) is 6.01. The molecule has 3 nitrogen and oxygen atoms in total. The standard InChI is InChI=1S/C11H15BrClNO2/c1-11(2,5-15)10(14)8-6(12)3-4-7(13)9(8)16/h3-4,10,15-16H,5,14H2,1-2H3/t10-/m0/s1. The second-order valence-corrected chi connectivity index (χ2v) is 5.68. The van der Waals surface area contributed by atoms with Gasteiger partial charge in [-0.1, -0.05) is 41.4 Å². The Balaban J connectivity index is 3.28. The first-order valence-electron chi connectivity index (χ1n) is 4.84. The van der Waals surface area contributed by atoms with Crippen molar-refractivity contribution in [3.05, 3.63) is 27.2 Å². The summed E-state index contributed by atoms with van der Waals surface area (Å²) in [5, 5.41) is 19.4. The van der Waals surface area contributed by atoms with Crippen LogP contribution in [-0.4, -0.2) is 16.8 Å². The largest absolute Gasteiger partial charge is 0.506 e. The molecule has 1 aromatic carbocycles. The number of phenols is 1. The van der Waals surface area contributed by atoms with E-state index in [4.69, 9.17) is 17.3 Å². The molecule has 4 N–H and O–H groups in total. The first-order chi connectivity index (χ1) is 7.31. The minimum atomic E-state index is -0.537. The monoisotopic (exact) mass is 307 g/mol. The molecule has 1 atom stereocenters. The van der Waals surface area contributed by atoms with E-state index in [1.807, 2.05) is 13.8 Å². The highest BCUT2D eigenvalue weighted by Gasteiger charge is 2.31. The van der Waals surface area contributed by atoms with E-state index >= 15 is 0 Å². The molecule has 1 aromatic rings. The highest BCUT2D eigenvalue weighted by atomic mass is 79.9. The Morgan fingerprint density at radius 3 is 2.56 bits per heavy atom. The second-order valence-electron chi connectivity index (χ2n) is 4.42. The summed E-state index contributed by atoms with van der Waals surface area (Å²) in [7, 11) is 0. The van der Waals surface area contributed by atoms with Crippen molar-refractivity contribution in [2.75, 3.05) is 6.61 Å². The molecule has 0 radical (unpaired) electrons. The summed E-state index contributed by atoms with van der Waals surface area (Å²) in [6, 6.07) is 2.80. The van der Waals surface area contributed by atoms with Gasteiger partial charge in [0, 0.05) is 28.1 Å². The molecule has 0 saturated carbocycles. The molecular weight excluding hydrogens is 293 g/mol. The summed E-state index contributed by atoms with van der Waals surface area (Å²) in [5.41, 5.74) is 6.03. The van der Waals surface area contributed by atoms with Gasteiger partial charge in [0.2, 0.25) is 0 Å². The number of phenolic OH excluding ortho intramolecular Hbond substituents is 1. The van der Waals surface area contributed by atoms with Crippen LogP contribution in [0, 0.1) is 5.41 Å². The summed E-state index contributed by atoms with van der Waals surface area (Å²) in [6.45, 7) is 3.57. The average molecular weight is 309 g/mol. The number of aromatic hydroxyl groups is 1. The quantitative estimate of drug-likeness (QED) is 0.804. The second kappa shape index (κ2) is 4.92. The van der Waals surface area contributed by atoms with Gasteiger partial charge in [0.1, 0.15) is 5.75 Å². The van der Waals surface area contributed by atoms with E-state index in [0.717, 1.165) is 0 Å². The van der Waals surface area contributed by atoms with Gasteiger partial charge in [-0.3, -0.25) is 0 Å². The topological polar surface area (TPSA) is 66.5 Å². The van der Waals surface area contributed by atoms with Gasteiger partial charge in [0.15, 0.2) is 0 Å². The van der Waals surface area contributed by atoms with Crippen molar-refractivity contribution in [1.82, 2.24) is 0 Å². The summed E-state index contributed by atoms with van der Waals surface area (Å²) in [6.07, 6.45) is 0. The zero-order valence-electron chi connectivity index (χ0n) is 9.17. The number of rotatable bonds is 3. The Hall–Kier alpha value is -0.290. The molecule has 0 unspecified atom stereocenters. The van der Waals surface area contributed by atoms with E-state index in [1.165, 1.54) is 0 Å². The molecule has 0 heterocycles. The fourth-order valence-corrected chi connectivity index (χ4v) is 2.07. The lowest BCUT2D eigenvalue weighted by atomic mass is 9.81. The number of benzene rings is 1. The van der Waals surface area contributed by atoms with Crippen LogP contribution in [0.25, 0.3) is 0 Å².